The number of benzene rings is 2. The number of halogens is 1. The molecule has 0 spiro atoms. The van der Waals surface area contributed by atoms with Gasteiger partial charge in [0.15, 0.2) is 17.5 Å². The zero-order chi connectivity index (χ0) is 20.6. The maximum absolute atomic E-state index is 10.4. The minimum atomic E-state index is -0.518. The second kappa shape index (κ2) is 12.0. The quantitative estimate of drug-likeness (QED) is 0.278. The van der Waals surface area contributed by atoms with Gasteiger partial charge in [-0.2, -0.15) is 0 Å². The molecule has 0 saturated carbocycles. The summed E-state index contributed by atoms with van der Waals surface area (Å²) in [4.78, 5) is 6.61. The molecule has 0 aromatic heterocycles. The molecule has 1 atom stereocenters. The highest BCUT2D eigenvalue weighted by molar-refractivity contribution is 14.0. The van der Waals surface area contributed by atoms with Crippen molar-refractivity contribution in [2.45, 2.75) is 25.6 Å². The monoisotopic (exact) mass is 526 g/mol. The molecule has 2 aromatic carbocycles. The summed E-state index contributed by atoms with van der Waals surface area (Å²) in [6.45, 7) is 3.20. The topological polar surface area (TPSA) is 92.3 Å². The highest BCUT2D eigenvalue weighted by atomic mass is 127. The molecule has 8 heteroatoms. The van der Waals surface area contributed by atoms with Crippen molar-refractivity contribution in [3.63, 3.8) is 0 Å². The van der Waals surface area contributed by atoms with Crippen LogP contribution in [0.3, 0.4) is 0 Å². The predicted octanol–water partition coefficient (Wildman–Crippen LogP) is 2.15. The first kappa shape index (κ1) is 24.2. The Bertz CT molecular complexity index is 847. The molecule has 7 nitrogen and oxygen atoms in total. The van der Waals surface area contributed by atoms with Crippen LogP contribution >= 0.6 is 24.0 Å². The molecule has 2 aromatic rings. The molecule has 0 amide bonds. The minimum Gasteiger partial charge on any atom is -0.493 e. The molecule has 1 unspecified atom stereocenters. The van der Waals surface area contributed by atoms with Crippen LogP contribution in [-0.2, 0) is 19.5 Å². The highest BCUT2D eigenvalue weighted by Gasteiger charge is 2.18. The molecule has 164 valence electrons. The van der Waals surface area contributed by atoms with E-state index in [4.69, 9.17) is 15.2 Å². The van der Waals surface area contributed by atoms with Crippen molar-refractivity contribution in [1.29, 1.82) is 0 Å². The highest BCUT2D eigenvalue weighted by Crippen LogP contribution is 2.27. The first-order valence-electron chi connectivity index (χ1n) is 9.81. The molecule has 1 aliphatic rings. The summed E-state index contributed by atoms with van der Waals surface area (Å²) >= 11 is 0. The minimum absolute atomic E-state index is 0. The molecular weight excluding hydrogens is 495 g/mol. The van der Waals surface area contributed by atoms with Gasteiger partial charge in [0.25, 0.3) is 0 Å². The van der Waals surface area contributed by atoms with Gasteiger partial charge >= 0.3 is 0 Å². The molecule has 0 aliphatic carbocycles. The Morgan fingerprint density at radius 1 is 1.17 bits per heavy atom. The van der Waals surface area contributed by atoms with E-state index in [9.17, 15) is 5.11 Å². The second-order valence-electron chi connectivity index (χ2n) is 7.18. The number of aliphatic imine (C=N–C) groups is 1. The lowest BCUT2D eigenvalue weighted by molar-refractivity contribution is 0.108. The molecule has 1 aliphatic heterocycles. The van der Waals surface area contributed by atoms with Gasteiger partial charge in [0.1, 0.15) is 0 Å². The summed E-state index contributed by atoms with van der Waals surface area (Å²) in [6.07, 6.45) is 0.501. The summed E-state index contributed by atoms with van der Waals surface area (Å²) in [7, 11) is 3.20. The average molecular weight is 526 g/mol. The van der Waals surface area contributed by atoms with E-state index in [1.54, 1.807) is 14.2 Å². The van der Waals surface area contributed by atoms with Crippen LogP contribution in [0.25, 0.3) is 0 Å². The third-order valence-corrected chi connectivity index (χ3v) is 5.08. The van der Waals surface area contributed by atoms with Gasteiger partial charge < -0.3 is 25.6 Å². The van der Waals surface area contributed by atoms with Gasteiger partial charge in [-0.15, -0.1) is 24.0 Å². The number of rotatable bonds is 8. The van der Waals surface area contributed by atoms with Gasteiger partial charge in [0, 0.05) is 26.2 Å². The summed E-state index contributed by atoms with van der Waals surface area (Å²) in [6, 6.07) is 14.1. The van der Waals surface area contributed by atoms with Gasteiger partial charge in [-0.1, -0.05) is 30.3 Å². The summed E-state index contributed by atoms with van der Waals surface area (Å²) < 4.78 is 10.5. The number of aliphatic hydroxyl groups is 1. The van der Waals surface area contributed by atoms with Crippen molar-refractivity contribution >= 4 is 29.9 Å². The van der Waals surface area contributed by atoms with Crippen molar-refractivity contribution in [2.24, 2.45) is 10.7 Å². The molecule has 1 heterocycles. The summed E-state index contributed by atoms with van der Waals surface area (Å²) in [5.41, 5.74) is 9.66. The molecular formula is C22H31IN4O3. The maximum Gasteiger partial charge on any atom is 0.189 e. The van der Waals surface area contributed by atoms with Crippen molar-refractivity contribution in [3.8, 4) is 11.5 Å². The number of nitrogens with zero attached hydrogens (tertiary/aromatic N) is 2. The van der Waals surface area contributed by atoms with E-state index in [1.165, 1.54) is 11.1 Å². The van der Waals surface area contributed by atoms with E-state index < -0.39 is 6.10 Å². The van der Waals surface area contributed by atoms with Crippen LogP contribution in [0, 0.1) is 0 Å². The number of aliphatic hydroxyl groups excluding tert-OH is 1. The Morgan fingerprint density at radius 3 is 2.63 bits per heavy atom. The van der Waals surface area contributed by atoms with Crippen molar-refractivity contribution in [3.05, 3.63) is 59.2 Å². The SMILES string of the molecule is COc1ccc(CN=C(N)NCC(O)CN2CCc3ccccc3C2)cc1OC.I. The fourth-order valence-corrected chi connectivity index (χ4v) is 3.51. The molecule has 0 saturated heterocycles. The van der Waals surface area contributed by atoms with E-state index in [2.05, 4.69) is 39.5 Å². The van der Waals surface area contributed by atoms with Crippen molar-refractivity contribution < 1.29 is 14.6 Å². The number of methoxy groups -OCH3 is 2. The largest absolute Gasteiger partial charge is 0.493 e. The van der Waals surface area contributed by atoms with Crippen LogP contribution in [0.2, 0.25) is 0 Å². The number of guanidine groups is 1. The average Bonchev–Trinajstić information content (AvgIpc) is 2.75. The summed E-state index contributed by atoms with van der Waals surface area (Å²) in [5.74, 6) is 1.64. The van der Waals surface area contributed by atoms with Gasteiger partial charge in [-0.05, 0) is 35.2 Å². The fraction of sp³-hybridized carbons (Fsp3) is 0.409. The predicted molar refractivity (Wildman–Crippen MR) is 130 cm³/mol. The van der Waals surface area contributed by atoms with E-state index in [-0.39, 0.29) is 24.0 Å². The second-order valence-corrected chi connectivity index (χ2v) is 7.18. The van der Waals surface area contributed by atoms with Crippen LogP contribution in [0.4, 0.5) is 0 Å². The van der Waals surface area contributed by atoms with Crippen LogP contribution in [-0.4, -0.2) is 55.9 Å². The number of nitrogens with two attached hydrogens (primary N) is 1. The Balaban J connectivity index is 0.00000320. The Morgan fingerprint density at radius 2 is 1.90 bits per heavy atom. The van der Waals surface area contributed by atoms with E-state index in [0.717, 1.165) is 25.1 Å². The number of nitrogens with one attached hydrogen (secondary N) is 1. The third kappa shape index (κ3) is 6.75. The Hall–Kier alpha value is -2.04. The van der Waals surface area contributed by atoms with Gasteiger partial charge in [0.05, 0.1) is 26.9 Å². The van der Waals surface area contributed by atoms with Gasteiger partial charge in [-0.3, -0.25) is 4.90 Å². The zero-order valence-electron chi connectivity index (χ0n) is 17.5. The zero-order valence-corrected chi connectivity index (χ0v) is 19.8. The Labute approximate surface area is 195 Å². The number of hydrogen-bond acceptors (Lipinski definition) is 5. The third-order valence-electron chi connectivity index (χ3n) is 5.08. The number of hydrogen-bond donors (Lipinski definition) is 3. The van der Waals surface area contributed by atoms with Gasteiger partial charge in [-0.25, -0.2) is 4.99 Å². The number of ether oxygens (including phenoxy) is 2. The van der Waals surface area contributed by atoms with Crippen molar-refractivity contribution in [2.75, 3.05) is 33.9 Å². The first-order chi connectivity index (χ1) is 14.1. The molecule has 4 N–H and O–H groups in total. The van der Waals surface area contributed by atoms with Crippen LogP contribution in [0.15, 0.2) is 47.5 Å². The molecule has 0 bridgehead atoms. The fourth-order valence-electron chi connectivity index (χ4n) is 3.51. The molecule has 0 radical (unpaired) electrons. The lowest BCUT2D eigenvalue weighted by Crippen LogP contribution is -2.43. The smallest absolute Gasteiger partial charge is 0.189 e. The van der Waals surface area contributed by atoms with Crippen LogP contribution in [0.5, 0.6) is 11.5 Å². The van der Waals surface area contributed by atoms with E-state index in [0.29, 0.717) is 37.1 Å². The van der Waals surface area contributed by atoms with Crippen LogP contribution in [0.1, 0.15) is 16.7 Å². The lowest BCUT2D eigenvalue weighted by atomic mass is 10.00. The van der Waals surface area contributed by atoms with Crippen LogP contribution < -0.4 is 20.5 Å². The normalized spacial score (nSPS) is 15.0. The van der Waals surface area contributed by atoms with E-state index in [1.807, 2.05) is 18.2 Å². The molecule has 3 rings (SSSR count). The molecule has 0 fully saturated rings. The maximum atomic E-state index is 10.4. The summed E-state index contributed by atoms with van der Waals surface area (Å²) in [5, 5.41) is 13.4. The standard InChI is InChI=1S/C22H30N4O3.HI/c1-28-20-8-7-16(11-21(20)29-2)12-24-22(23)25-13-19(27)15-26-10-9-17-5-3-4-6-18(17)14-26;/h3-8,11,19,27H,9-10,12-15H2,1-2H3,(H3,23,24,25);1H. The number of fused-ring (bicyclic) bond motifs is 1. The number of β-amino-alcohol motifs (C(OH)–C–C–N with tert-alkyl or cyclic N) is 1. The first-order valence-corrected chi connectivity index (χ1v) is 9.81. The lowest BCUT2D eigenvalue weighted by Gasteiger charge is -2.30. The van der Waals surface area contributed by atoms with Crippen molar-refractivity contribution in [1.82, 2.24) is 10.2 Å². The molecule has 30 heavy (non-hydrogen) atoms. The van der Waals surface area contributed by atoms with E-state index >= 15 is 0 Å². The Kier molecular flexibility index (Phi) is 9.67. The van der Waals surface area contributed by atoms with Gasteiger partial charge in [0.2, 0.25) is 0 Å².